The smallest absolute Gasteiger partial charge is 0.499 e. The van der Waals surface area contributed by atoms with Crippen molar-refractivity contribution in [3.05, 3.63) is 28.4 Å². The summed E-state index contributed by atoms with van der Waals surface area (Å²) in [4.78, 5) is 25.1. The average molecular weight is 363 g/mol. The van der Waals surface area contributed by atoms with Crippen LogP contribution >= 0.6 is 0 Å². The second-order valence-electron chi connectivity index (χ2n) is 5.15. The average Bonchev–Trinajstić information content (AvgIpc) is 2.85. The van der Waals surface area contributed by atoms with Crippen LogP contribution in [0.25, 0.3) is 11.0 Å². The molecular weight excluding hydrogens is 349 g/mol. The highest BCUT2D eigenvalue weighted by Crippen LogP contribution is 2.18. The molecule has 0 radical (unpaired) electrons. The normalized spacial score (nSPS) is 11.8. The number of benzene rings is 1. The summed E-state index contributed by atoms with van der Waals surface area (Å²) in [5, 5.41) is 12.7. The van der Waals surface area contributed by atoms with Gasteiger partial charge in [0.1, 0.15) is 11.3 Å². The molecule has 0 unspecified atom stereocenters. The monoisotopic (exact) mass is 363 g/mol. The van der Waals surface area contributed by atoms with Gasteiger partial charge in [-0.2, -0.15) is 13.2 Å². The topological polar surface area (TPSA) is 96.3 Å². The first-order chi connectivity index (χ1) is 11.7. The minimum atomic E-state index is -5.30. The van der Waals surface area contributed by atoms with Gasteiger partial charge in [0.2, 0.25) is 0 Å². The number of nitrogens with zero attached hydrogens (tertiary/aromatic N) is 1. The van der Waals surface area contributed by atoms with Crippen LogP contribution in [0.1, 0.15) is 6.42 Å². The fourth-order valence-corrected chi connectivity index (χ4v) is 2.33. The van der Waals surface area contributed by atoms with Crippen LogP contribution < -0.4 is 16.5 Å². The zero-order valence-electron chi connectivity index (χ0n) is 13.0. The summed E-state index contributed by atoms with van der Waals surface area (Å²) >= 11 is 0. The fourth-order valence-electron chi connectivity index (χ4n) is 2.33. The molecular formula is C13H14BF4N3O4. The fraction of sp³-hybridized carbons (Fsp3) is 0.385. The van der Waals surface area contributed by atoms with E-state index in [1.807, 2.05) is 0 Å². The number of carbonyl (C=O) groups excluding carboxylic acids is 1. The molecule has 1 aromatic heterocycles. The molecule has 0 bridgehead atoms. The Balaban J connectivity index is 2.47. The lowest BCUT2D eigenvalue weighted by Gasteiger charge is -2.13. The SMILES string of the molecule is CNCCCn1c(=O)[nH]c2c(F)ccc(B(O)OC(=O)C(F)(F)F)c21. The summed E-state index contributed by atoms with van der Waals surface area (Å²) in [5.74, 6) is -3.44. The summed E-state index contributed by atoms with van der Waals surface area (Å²) in [6.07, 6.45) is -4.84. The quantitative estimate of drug-likeness (QED) is 0.378. The van der Waals surface area contributed by atoms with E-state index in [0.717, 1.165) is 16.7 Å². The highest BCUT2D eigenvalue weighted by molar-refractivity contribution is 6.64. The summed E-state index contributed by atoms with van der Waals surface area (Å²) in [6, 6.07) is 1.80. The first-order valence-electron chi connectivity index (χ1n) is 7.18. The van der Waals surface area contributed by atoms with Crippen LogP contribution in [0.3, 0.4) is 0 Å². The Labute approximate surface area is 138 Å². The Morgan fingerprint density at radius 3 is 2.72 bits per heavy atom. The third kappa shape index (κ3) is 4.02. The van der Waals surface area contributed by atoms with Gasteiger partial charge in [-0.05, 0) is 26.1 Å². The molecule has 2 rings (SSSR count). The minimum Gasteiger partial charge on any atom is -0.499 e. The summed E-state index contributed by atoms with van der Waals surface area (Å²) < 4.78 is 55.8. The van der Waals surface area contributed by atoms with Crippen molar-refractivity contribution in [2.24, 2.45) is 0 Å². The van der Waals surface area contributed by atoms with E-state index in [2.05, 4.69) is 15.0 Å². The zero-order chi connectivity index (χ0) is 18.8. The molecule has 0 aliphatic rings. The van der Waals surface area contributed by atoms with Crippen LogP contribution in [-0.4, -0.2) is 47.4 Å². The number of aromatic nitrogens is 2. The van der Waals surface area contributed by atoms with E-state index in [4.69, 9.17) is 0 Å². The molecule has 0 aliphatic heterocycles. The third-order valence-corrected chi connectivity index (χ3v) is 3.43. The van der Waals surface area contributed by atoms with Crippen LogP contribution in [0.4, 0.5) is 17.6 Å². The molecule has 0 atom stereocenters. The lowest BCUT2D eigenvalue weighted by molar-refractivity contribution is -0.190. The predicted molar refractivity (Wildman–Crippen MR) is 80.8 cm³/mol. The van der Waals surface area contributed by atoms with Gasteiger partial charge in [-0.1, -0.05) is 6.07 Å². The highest BCUT2D eigenvalue weighted by Gasteiger charge is 2.43. The maximum absolute atomic E-state index is 13.9. The Bertz CT molecular complexity index is 833. The van der Waals surface area contributed by atoms with Crippen molar-refractivity contribution >= 4 is 29.6 Å². The number of hydrogen-bond acceptors (Lipinski definition) is 5. The van der Waals surface area contributed by atoms with Gasteiger partial charge in [-0.25, -0.2) is 14.0 Å². The molecule has 0 amide bonds. The molecule has 0 fully saturated rings. The van der Waals surface area contributed by atoms with Gasteiger partial charge in [0.05, 0.1) is 5.52 Å². The number of aromatic amines is 1. The van der Waals surface area contributed by atoms with Crippen LogP contribution in [0, 0.1) is 5.82 Å². The number of hydrogen-bond donors (Lipinski definition) is 3. The zero-order valence-corrected chi connectivity index (χ0v) is 13.0. The predicted octanol–water partition coefficient (Wildman–Crippen LogP) is -0.129. The van der Waals surface area contributed by atoms with E-state index in [1.54, 1.807) is 7.05 Å². The molecule has 0 spiro atoms. The van der Waals surface area contributed by atoms with Gasteiger partial charge in [0.15, 0.2) is 0 Å². The number of imidazole rings is 1. The molecule has 25 heavy (non-hydrogen) atoms. The summed E-state index contributed by atoms with van der Waals surface area (Å²) in [7, 11) is -0.633. The van der Waals surface area contributed by atoms with E-state index in [0.29, 0.717) is 13.0 Å². The molecule has 3 N–H and O–H groups in total. The highest BCUT2D eigenvalue weighted by atomic mass is 19.4. The number of nitrogens with one attached hydrogen (secondary N) is 2. The molecule has 0 saturated heterocycles. The Morgan fingerprint density at radius 1 is 1.44 bits per heavy atom. The largest absolute Gasteiger partial charge is 0.564 e. The molecule has 2 aromatic rings. The summed E-state index contributed by atoms with van der Waals surface area (Å²) in [5.41, 5.74) is -1.50. The van der Waals surface area contributed by atoms with Gasteiger partial charge in [0, 0.05) is 12.0 Å². The van der Waals surface area contributed by atoms with Crippen molar-refractivity contribution in [1.82, 2.24) is 14.9 Å². The molecule has 0 aliphatic carbocycles. The number of halogens is 4. The first-order valence-corrected chi connectivity index (χ1v) is 7.18. The van der Waals surface area contributed by atoms with E-state index >= 15 is 0 Å². The second-order valence-corrected chi connectivity index (χ2v) is 5.15. The van der Waals surface area contributed by atoms with Gasteiger partial charge in [-0.15, -0.1) is 0 Å². The van der Waals surface area contributed by atoms with Gasteiger partial charge >= 0.3 is 25.0 Å². The van der Waals surface area contributed by atoms with Gasteiger partial charge in [-0.3, -0.25) is 4.57 Å². The second kappa shape index (κ2) is 7.27. The van der Waals surface area contributed by atoms with Crippen molar-refractivity contribution in [2.75, 3.05) is 13.6 Å². The van der Waals surface area contributed by atoms with Gasteiger partial charge in [0.25, 0.3) is 0 Å². The van der Waals surface area contributed by atoms with Crippen LogP contribution in [0.15, 0.2) is 16.9 Å². The number of aryl methyl sites for hydroxylation is 1. The summed E-state index contributed by atoms with van der Waals surface area (Å²) in [6.45, 7) is 0.630. The van der Waals surface area contributed by atoms with E-state index in [9.17, 15) is 32.2 Å². The number of carbonyl (C=O) groups is 1. The molecule has 1 heterocycles. The molecule has 0 saturated carbocycles. The maximum atomic E-state index is 13.9. The Morgan fingerprint density at radius 2 is 2.12 bits per heavy atom. The van der Waals surface area contributed by atoms with Gasteiger partial charge < -0.3 is 20.0 Å². The Kier molecular flexibility index (Phi) is 5.53. The first kappa shape index (κ1) is 19.0. The number of rotatable bonds is 6. The van der Waals surface area contributed by atoms with Crippen LogP contribution in [-0.2, 0) is 16.0 Å². The molecule has 12 heteroatoms. The number of fused-ring (bicyclic) bond motifs is 1. The lowest BCUT2D eigenvalue weighted by Crippen LogP contribution is -2.41. The van der Waals surface area contributed by atoms with Crippen molar-refractivity contribution < 1.29 is 32.0 Å². The van der Waals surface area contributed by atoms with E-state index in [1.165, 1.54) is 0 Å². The minimum absolute atomic E-state index is 0.107. The lowest BCUT2D eigenvalue weighted by atomic mass is 9.78. The van der Waals surface area contributed by atoms with Crippen molar-refractivity contribution in [3.63, 3.8) is 0 Å². The van der Waals surface area contributed by atoms with E-state index in [-0.39, 0.29) is 23.0 Å². The van der Waals surface area contributed by atoms with Crippen molar-refractivity contribution in [1.29, 1.82) is 0 Å². The molecule has 136 valence electrons. The standard InChI is InChI=1S/C13H14BF4N3O4/c1-19-5-2-6-21-10-7(14(24)25-11(22)13(16,17)18)3-4-8(15)9(10)20-12(21)23/h3-4,19,24H,2,5-6H2,1H3,(H,20,23). The maximum Gasteiger partial charge on any atom is 0.564 e. The van der Waals surface area contributed by atoms with Crippen LogP contribution in [0.5, 0.6) is 0 Å². The molecule has 7 nitrogen and oxygen atoms in total. The Hall–Kier alpha value is -2.34. The van der Waals surface area contributed by atoms with Crippen molar-refractivity contribution in [2.45, 2.75) is 19.1 Å². The van der Waals surface area contributed by atoms with Crippen molar-refractivity contribution in [3.8, 4) is 0 Å². The third-order valence-electron chi connectivity index (χ3n) is 3.43. The van der Waals surface area contributed by atoms with Crippen LogP contribution in [0.2, 0.25) is 0 Å². The number of alkyl halides is 3. The number of H-pyrrole nitrogens is 1. The molecule has 1 aromatic carbocycles. The van der Waals surface area contributed by atoms with E-state index < -0.39 is 30.8 Å².